The van der Waals surface area contributed by atoms with Crippen LogP contribution in [0.25, 0.3) is 0 Å². The van der Waals surface area contributed by atoms with Gasteiger partial charge in [0.05, 0.1) is 39.9 Å². The van der Waals surface area contributed by atoms with E-state index in [1.54, 1.807) is 0 Å². The topological polar surface area (TPSA) is 108 Å². The lowest BCUT2D eigenvalue weighted by molar-refractivity contribution is -0.870. The van der Waals surface area contributed by atoms with Crippen molar-refractivity contribution >= 4 is 13.7 Å². The fraction of sp³-hybridized carbons (Fsp3) is 0.958. The summed E-state index contributed by atoms with van der Waals surface area (Å²) in [6.07, 6.45) is 80.1. The molecular weight excluding hydrogens is 1010 g/mol. The quantitative estimate of drug-likeness (QED) is 0.0272. The molecule has 0 saturated carbocycles. The Bertz CT molecular complexity index is 1310. The summed E-state index contributed by atoms with van der Waals surface area (Å²) in [5, 5.41) is 14.1. The zero-order chi connectivity index (χ0) is 58.4. The van der Waals surface area contributed by atoms with Crippen LogP contribution in [-0.4, -0.2) is 68.5 Å². The number of amides is 1. The van der Waals surface area contributed by atoms with Crippen LogP contribution in [0.1, 0.15) is 386 Å². The van der Waals surface area contributed by atoms with Gasteiger partial charge in [-0.3, -0.25) is 9.36 Å². The third-order valence-electron chi connectivity index (χ3n) is 17.0. The molecule has 0 saturated heterocycles. The number of unbranched alkanes of at least 4 members (excludes halogenated alkanes) is 53. The van der Waals surface area contributed by atoms with E-state index in [2.05, 4.69) is 31.3 Å². The molecular formula is C71H143N2O6P. The van der Waals surface area contributed by atoms with Crippen LogP contribution in [0, 0.1) is 0 Å². The molecule has 8 nitrogen and oxygen atoms in total. The normalized spacial score (nSPS) is 13.6. The van der Waals surface area contributed by atoms with E-state index in [4.69, 9.17) is 9.05 Å². The number of phosphoric ester groups is 1. The minimum absolute atomic E-state index is 0.0161. The van der Waals surface area contributed by atoms with E-state index in [9.17, 15) is 19.4 Å². The number of nitrogens with one attached hydrogen (secondary N) is 1. The summed E-state index contributed by atoms with van der Waals surface area (Å²) in [5.41, 5.74) is 0. The zero-order valence-corrected chi connectivity index (χ0v) is 55.7. The van der Waals surface area contributed by atoms with Gasteiger partial charge in [-0.2, -0.15) is 0 Å². The SMILES string of the molecule is CCCCCCCCCC/C=C\CCCCCCCCCCCCCCCCCCCCCCCC(=O)NC(COP(=O)([O-])OCC[N+](C)(C)C)C(O)CCCCCCCCCCCCCCCCCCCCCCCCCCC. The van der Waals surface area contributed by atoms with Gasteiger partial charge in [0.1, 0.15) is 13.2 Å². The number of phosphoric acid groups is 1. The maximum absolute atomic E-state index is 13.1. The van der Waals surface area contributed by atoms with Gasteiger partial charge < -0.3 is 28.8 Å². The molecule has 0 radical (unpaired) electrons. The van der Waals surface area contributed by atoms with Crippen LogP contribution >= 0.6 is 7.82 Å². The van der Waals surface area contributed by atoms with Crippen molar-refractivity contribution in [2.24, 2.45) is 0 Å². The number of hydrogen-bond acceptors (Lipinski definition) is 6. The summed E-state index contributed by atoms with van der Waals surface area (Å²) in [5.74, 6) is -0.154. The maximum atomic E-state index is 13.1. The number of rotatable bonds is 68. The average Bonchev–Trinajstić information content (AvgIpc) is 3.42. The highest BCUT2D eigenvalue weighted by molar-refractivity contribution is 7.45. The molecule has 0 rings (SSSR count). The van der Waals surface area contributed by atoms with Gasteiger partial charge in [0.25, 0.3) is 7.82 Å². The lowest BCUT2D eigenvalue weighted by Crippen LogP contribution is -2.46. The van der Waals surface area contributed by atoms with Gasteiger partial charge in [-0.05, 0) is 38.5 Å². The summed E-state index contributed by atoms with van der Waals surface area (Å²) in [7, 11) is 1.33. The van der Waals surface area contributed by atoms with E-state index in [1.165, 1.54) is 321 Å². The molecule has 0 spiro atoms. The number of likely N-dealkylation sites (N-methyl/N-ethyl adjacent to an activating group) is 1. The van der Waals surface area contributed by atoms with Crippen LogP contribution in [-0.2, 0) is 18.4 Å². The van der Waals surface area contributed by atoms with Gasteiger partial charge in [0.2, 0.25) is 5.91 Å². The van der Waals surface area contributed by atoms with Crippen molar-refractivity contribution in [1.82, 2.24) is 5.32 Å². The van der Waals surface area contributed by atoms with Gasteiger partial charge in [-0.15, -0.1) is 0 Å². The van der Waals surface area contributed by atoms with Crippen molar-refractivity contribution < 1.29 is 32.9 Å². The molecule has 478 valence electrons. The van der Waals surface area contributed by atoms with E-state index in [-0.39, 0.29) is 19.1 Å². The molecule has 9 heteroatoms. The molecule has 2 N–H and O–H groups in total. The third-order valence-corrected chi connectivity index (χ3v) is 18.0. The molecule has 1 amide bonds. The Hall–Kier alpha value is -0.760. The third kappa shape index (κ3) is 64.8. The fourth-order valence-corrected chi connectivity index (χ4v) is 12.1. The molecule has 3 unspecified atom stereocenters. The first kappa shape index (κ1) is 79.2. The van der Waals surface area contributed by atoms with Crippen molar-refractivity contribution in [2.75, 3.05) is 40.9 Å². The van der Waals surface area contributed by atoms with E-state index in [0.29, 0.717) is 23.9 Å². The van der Waals surface area contributed by atoms with Crippen LogP contribution in [0.4, 0.5) is 0 Å². The molecule has 0 aromatic heterocycles. The maximum Gasteiger partial charge on any atom is 0.268 e. The molecule has 0 aromatic rings. The van der Waals surface area contributed by atoms with Gasteiger partial charge in [0, 0.05) is 6.42 Å². The summed E-state index contributed by atoms with van der Waals surface area (Å²) in [6.45, 7) is 4.79. The largest absolute Gasteiger partial charge is 0.756 e. The second-order valence-corrected chi connectivity index (χ2v) is 27.7. The highest BCUT2D eigenvalue weighted by atomic mass is 31.2. The number of carbonyl (C=O) groups excluding carboxylic acids is 1. The van der Waals surface area contributed by atoms with E-state index < -0.39 is 20.0 Å². The van der Waals surface area contributed by atoms with Crippen molar-refractivity contribution in [3.63, 3.8) is 0 Å². The Kier molecular flexibility index (Phi) is 62.2. The summed E-state index contributed by atoms with van der Waals surface area (Å²) < 4.78 is 23.6. The van der Waals surface area contributed by atoms with Crippen LogP contribution < -0.4 is 10.2 Å². The van der Waals surface area contributed by atoms with E-state index in [1.807, 2.05) is 21.1 Å². The number of nitrogens with zero attached hydrogens (tertiary/aromatic N) is 1. The first-order chi connectivity index (χ1) is 39.0. The Morgan fingerprint density at radius 2 is 0.688 bits per heavy atom. The van der Waals surface area contributed by atoms with E-state index in [0.717, 1.165) is 38.5 Å². The molecule has 0 aliphatic rings. The van der Waals surface area contributed by atoms with E-state index >= 15 is 0 Å². The molecule has 3 atom stereocenters. The van der Waals surface area contributed by atoms with Crippen molar-refractivity contribution in [3.8, 4) is 0 Å². The van der Waals surface area contributed by atoms with Crippen molar-refractivity contribution in [3.05, 3.63) is 12.2 Å². The first-order valence-electron chi connectivity index (χ1n) is 36.0. The number of quaternary nitrogens is 1. The number of aliphatic hydroxyl groups excluding tert-OH is 1. The summed E-state index contributed by atoms with van der Waals surface area (Å²) in [4.78, 5) is 25.7. The highest BCUT2D eigenvalue weighted by Gasteiger charge is 2.24. The van der Waals surface area contributed by atoms with Gasteiger partial charge in [-0.1, -0.05) is 353 Å². The monoisotopic (exact) mass is 1150 g/mol. The smallest absolute Gasteiger partial charge is 0.268 e. The minimum Gasteiger partial charge on any atom is -0.756 e. The summed E-state index contributed by atoms with van der Waals surface area (Å²) >= 11 is 0. The second kappa shape index (κ2) is 62.8. The summed E-state index contributed by atoms with van der Waals surface area (Å²) in [6, 6.07) is -0.798. The van der Waals surface area contributed by atoms with Gasteiger partial charge in [0.15, 0.2) is 0 Å². The molecule has 0 bridgehead atoms. The minimum atomic E-state index is -4.58. The molecule has 0 aliphatic heterocycles. The highest BCUT2D eigenvalue weighted by Crippen LogP contribution is 2.38. The number of allylic oxidation sites excluding steroid dienone is 2. The number of carbonyl (C=O) groups is 1. The van der Waals surface area contributed by atoms with Crippen LogP contribution in [0.5, 0.6) is 0 Å². The molecule has 0 aliphatic carbocycles. The van der Waals surface area contributed by atoms with Gasteiger partial charge in [-0.25, -0.2) is 0 Å². The number of hydrogen-bond donors (Lipinski definition) is 2. The first-order valence-corrected chi connectivity index (χ1v) is 37.5. The second-order valence-electron chi connectivity index (χ2n) is 26.3. The predicted molar refractivity (Wildman–Crippen MR) is 349 cm³/mol. The van der Waals surface area contributed by atoms with Crippen LogP contribution in [0.15, 0.2) is 12.2 Å². The lowest BCUT2D eigenvalue weighted by Gasteiger charge is -2.30. The molecule has 80 heavy (non-hydrogen) atoms. The molecule has 0 fully saturated rings. The Balaban J connectivity index is 3.96. The molecule has 0 aromatic carbocycles. The van der Waals surface area contributed by atoms with Gasteiger partial charge >= 0.3 is 0 Å². The molecule has 0 heterocycles. The van der Waals surface area contributed by atoms with Crippen molar-refractivity contribution in [2.45, 2.75) is 398 Å². The Labute approximate surface area is 501 Å². The predicted octanol–water partition coefficient (Wildman–Crippen LogP) is 22.3. The average molecular weight is 1150 g/mol. The fourth-order valence-electron chi connectivity index (χ4n) is 11.4. The Morgan fingerprint density at radius 1 is 0.425 bits per heavy atom. The van der Waals surface area contributed by atoms with Crippen LogP contribution in [0.2, 0.25) is 0 Å². The van der Waals surface area contributed by atoms with Crippen molar-refractivity contribution in [1.29, 1.82) is 0 Å². The van der Waals surface area contributed by atoms with Crippen LogP contribution in [0.3, 0.4) is 0 Å². The zero-order valence-electron chi connectivity index (χ0n) is 54.8. The number of aliphatic hydroxyl groups is 1. The lowest BCUT2D eigenvalue weighted by atomic mass is 10.0. The Morgan fingerprint density at radius 3 is 0.975 bits per heavy atom. The standard InChI is InChI=1S/C71H143N2O6P/c1-6-8-10-12-14-16-18-20-22-24-26-28-30-32-33-34-35-36-37-38-39-41-43-45-47-49-51-53-55-57-59-61-63-65-71(75)72-69(68-79-80(76,77)78-67-66-73(3,4)5)70(74)64-62-60-58-56-54-52-50-48-46-44-42-40-31-29-27-25-23-21-19-17-15-13-11-9-7-2/h24,26,69-70,74H,6-23,25,27-68H2,1-5H3,(H-,72,75,76,77)/b26-24-.